The van der Waals surface area contributed by atoms with Crippen molar-refractivity contribution in [1.82, 2.24) is 15.3 Å². The van der Waals surface area contributed by atoms with Crippen molar-refractivity contribution in [3.8, 4) is 0 Å². The first-order valence-electron chi connectivity index (χ1n) is 5.43. The summed E-state index contributed by atoms with van der Waals surface area (Å²) in [5, 5.41) is 3.20. The largest absolute Gasteiger partial charge is 0.348 e. The fourth-order valence-corrected chi connectivity index (χ4v) is 2.20. The lowest BCUT2D eigenvalue weighted by Crippen LogP contribution is -2.33. The predicted molar refractivity (Wildman–Crippen MR) is 61.3 cm³/mol. The molecular formula is C11H14ClN3O. The first-order valence-corrected chi connectivity index (χ1v) is 5.81. The van der Waals surface area contributed by atoms with Gasteiger partial charge in [0.15, 0.2) is 0 Å². The first-order chi connectivity index (χ1) is 7.65. The number of rotatable bonds is 2. The molecule has 1 aliphatic rings. The number of halogens is 1. The Morgan fingerprint density at radius 2 is 2.31 bits per heavy atom. The summed E-state index contributed by atoms with van der Waals surface area (Å²) in [5.41, 5.74) is 0.284. The number of amides is 1. The van der Waals surface area contributed by atoms with Crippen LogP contribution < -0.4 is 5.32 Å². The van der Waals surface area contributed by atoms with E-state index in [0.29, 0.717) is 5.92 Å². The molecule has 2 unspecified atom stereocenters. The van der Waals surface area contributed by atoms with Gasteiger partial charge in [0.05, 0.1) is 12.4 Å². The summed E-state index contributed by atoms with van der Waals surface area (Å²) in [7, 11) is 0. The van der Waals surface area contributed by atoms with Gasteiger partial charge in [0.1, 0.15) is 10.8 Å². The lowest BCUT2D eigenvalue weighted by molar-refractivity contribution is 0.0932. The van der Waals surface area contributed by atoms with Crippen molar-refractivity contribution in [1.29, 1.82) is 0 Å². The van der Waals surface area contributed by atoms with Crippen LogP contribution in [0.4, 0.5) is 0 Å². The van der Waals surface area contributed by atoms with Crippen LogP contribution in [-0.2, 0) is 0 Å². The lowest BCUT2D eigenvalue weighted by atomic mass is 10.1. The van der Waals surface area contributed by atoms with E-state index in [1.807, 2.05) is 0 Å². The zero-order valence-corrected chi connectivity index (χ0v) is 9.87. The number of hydrogen-bond donors (Lipinski definition) is 1. The number of aromatic nitrogens is 2. The average Bonchev–Trinajstić information content (AvgIpc) is 2.64. The quantitative estimate of drug-likeness (QED) is 0.860. The standard InChI is InChI=1S/C11H14ClN3O/c1-7-2-3-8(4-7)14-11(16)9-5-13-6-10(12)15-9/h5-8H,2-4H2,1H3,(H,14,16). The van der Waals surface area contributed by atoms with Crippen molar-refractivity contribution in [2.75, 3.05) is 0 Å². The van der Waals surface area contributed by atoms with Crippen LogP contribution in [0.1, 0.15) is 36.7 Å². The molecule has 4 nitrogen and oxygen atoms in total. The first kappa shape index (κ1) is 11.3. The Labute approximate surface area is 99.4 Å². The van der Waals surface area contributed by atoms with Crippen LogP contribution >= 0.6 is 11.6 Å². The van der Waals surface area contributed by atoms with Crippen molar-refractivity contribution in [2.45, 2.75) is 32.2 Å². The van der Waals surface area contributed by atoms with E-state index in [4.69, 9.17) is 11.6 Å². The summed E-state index contributed by atoms with van der Waals surface area (Å²) in [6.07, 6.45) is 6.10. The minimum absolute atomic E-state index is 0.186. The van der Waals surface area contributed by atoms with Crippen LogP contribution in [0.15, 0.2) is 12.4 Å². The Morgan fingerprint density at radius 1 is 1.50 bits per heavy atom. The molecule has 1 fully saturated rings. The van der Waals surface area contributed by atoms with Gasteiger partial charge in [-0.25, -0.2) is 4.98 Å². The van der Waals surface area contributed by atoms with Crippen LogP contribution in [0, 0.1) is 5.92 Å². The molecule has 1 aromatic heterocycles. The third kappa shape index (κ3) is 2.70. The van der Waals surface area contributed by atoms with Gasteiger partial charge in [-0.2, -0.15) is 0 Å². The normalized spacial score (nSPS) is 24.4. The highest BCUT2D eigenvalue weighted by Crippen LogP contribution is 2.24. The molecule has 2 rings (SSSR count). The maximum absolute atomic E-state index is 11.8. The average molecular weight is 240 g/mol. The maximum atomic E-state index is 11.8. The molecule has 0 spiro atoms. The minimum atomic E-state index is -0.186. The summed E-state index contributed by atoms with van der Waals surface area (Å²) in [5.74, 6) is 0.504. The zero-order valence-electron chi connectivity index (χ0n) is 9.11. The molecular weight excluding hydrogens is 226 g/mol. The van der Waals surface area contributed by atoms with Gasteiger partial charge in [-0.05, 0) is 25.2 Å². The Kier molecular flexibility index (Phi) is 3.39. The van der Waals surface area contributed by atoms with E-state index in [1.165, 1.54) is 18.8 Å². The van der Waals surface area contributed by atoms with Gasteiger partial charge in [0.25, 0.3) is 5.91 Å². The van der Waals surface area contributed by atoms with Gasteiger partial charge in [0, 0.05) is 6.04 Å². The number of hydrogen-bond acceptors (Lipinski definition) is 3. The summed E-state index contributed by atoms with van der Waals surface area (Å²) >= 11 is 5.68. The number of nitrogens with one attached hydrogen (secondary N) is 1. The molecule has 0 bridgehead atoms. The minimum Gasteiger partial charge on any atom is -0.348 e. The fraction of sp³-hybridized carbons (Fsp3) is 0.545. The highest BCUT2D eigenvalue weighted by molar-refractivity contribution is 6.29. The molecule has 5 heteroatoms. The molecule has 2 atom stereocenters. The van der Waals surface area contributed by atoms with Crippen molar-refractivity contribution in [3.63, 3.8) is 0 Å². The molecule has 86 valence electrons. The van der Waals surface area contributed by atoms with Gasteiger partial charge in [-0.15, -0.1) is 0 Å². The van der Waals surface area contributed by atoms with Crippen molar-refractivity contribution in [2.24, 2.45) is 5.92 Å². The second-order valence-corrected chi connectivity index (χ2v) is 4.70. The van der Waals surface area contributed by atoms with E-state index in [9.17, 15) is 4.79 Å². The van der Waals surface area contributed by atoms with Gasteiger partial charge in [0.2, 0.25) is 0 Å². The molecule has 1 aromatic rings. The third-order valence-electron chi connectivity index (χ3n) is 2.87. The van der Waals surface area contributed by atoms with Crippen LogP contribution in [0.25, 0.3) is 0 Å². The van der Waals surface area contributed by atoms with Crippen LogP contribution in [0.5, 0.6) is 0 Å². The monoisotopic (exact) mass is 239 g/mol. The van der Waals surface area contributed by atoms with Gasteiger partial charge < -0.3 is 5.32 Å². The molecule has 1 amide bonds. The molecule has 16 heavy (non-hydrogen) atoms. The molecule has 1 heterocycles. The maximum Gasteiger partial charge on any atom is 0.271 e. The van der Waals surface area contributed by atoms with E-state index in [2.05, 4.69) is 22.2 Å². The Bertz CT molecular complexity index is 397. The van der Waals surface area contributed by atoms with Crippen LogP contribution in [0.2, 0.25) is 5.15 Å². The van der Waals surface area contributed by atoms with Crippen molar-refractivity contribution in [3.05, 3.63) is 23.2 Å². The second-order valence-electron chi connectivity index (χ2n) is 4.32. The summed E-state index contributed by atoms with van der Waals surface area (Å²) < 4.78 is 0. The molecule has 1 saturated carbocycles. The molecule has 0 radical (unpaired) electrons. The van der Waals surface area contributed by atoms with E-state index in [0.717, 1.165) is 12.8 Å². The molecule has 1 aliphatic carbocycles. The van der Waals surface area contributed by atoms with Gasteiger partial charge >= 0.3 is 0 Å². The zero-order chi connectivity index (χ0) is 11.5. The fourth-order valence-electron chi connectivity index (χ4n) is 2.05. The number of nitrogens with zero attached hydrogens (tertiary/aromatic N) is 2. The van der Waals surface area contributed by atoms with E-state index < -0.39 is 0 Å². The molecule has 0 aliphatic heterocycles. The SMILES string of the molecule is CC1CCC(NC(=O)c2cncc(Cl)n2)C1. The van der Waals surface area contributed by atoms with Gasteiger partial charge in [-0.3, -0.25) is 9.78 Å². The van der Waals surface area contributed by atoms with E-state index in [1.54, 1.807) is 0 Å². The molecule has 1 N–H and O–H groups in total. The van der Waals surface area contributed by atoms with Crippen LogP contribution in [-0.4, -0.2) is 21.9 Å². The highest BCUT2D eigenvalue weighted by atomic mass is 35.5. The molecule has 0 saturated heterocycles. The predicted octanol–water partition coefficient (Wildman–Crippen LogP) is 2.05. The Hall–Kier alpha value is -1.16. The number of carbonyl (C=O) groups is 1. The van der Waals surface area contributed by atoms with Gasteiger partial charge in [-0.1, -0.05) is 18.5 Å². The highest BCUT2D eigenvalue weighted by Gasteiger charge is 2.23. The van der Waals surface area contributed by atoms with Crippen molar-refractivity contribution >= 4 is 17.5 Å². The summed E-state index contributed by atoms with van der Waals surface area (Å²) in [4.78, 5) is 19.6. The van der Waals surface area contributed by atoms with Crippen molar-refractivity contribution < 1.29 is 4.79 Å². The third-order valence-corrected chi connectivity index (χ3v) is 3.05. The number of carbonyl (C=O) groups excluding carboxylic acids is 1. The smallest absolute Gasteiger partial charge is 0.271 e. The van der Waals surface area contributed by atoms with Crippen LogP contribution in [0.3, 0.4) is 0 Å². The topological polar surface area (TPSA) is 54.9 Å². The summed E-state index contributed by atoms with van der Waals surface area (Å²) in [6.45, 7) is 2.20. The Balaban J connectivity index is 1.98. The molecule has 0 aromatic carbocycles. The summed E-state index contributed by atoms with van der Waals surface area (Å²) in [6, 6.07) is 0.267. The lowest BCUT2D eigenvalue weighted by Gasteiger charge is -2.11. The van der Waals surface area contributed by atoms with E-state index >= 15 is 0 Å². The van der Waals surface area contributed by atoms with E-state index in [-0.39, 0.29) is 22.8 Å². The second kappa shape index (κ2) is 4.78. The Morgan fingerprint density at radius 3 is 2.94 bits per heavy atom.